The molecule has 0 bridgehead atoms. The molecule has 0 amide bonds. The van der Waals surface area contributed by atoms with Gasteiger partial charge in [0.1, 0.15) is 5.67 Å². The maximum Gasteiger partial charge on any atom is 0.169 e. The van der Waals surface area contributed by atoms with E-state index in [0.717, 1.165) is 12.8 Å². The number of fused-ring (bicyclic) bond motifs is 1. The third-order valence-corrected chi connectivity index (χ3v) is 4.17. The van der Waals surface area contributed by atoms with Crippen molar-refractivity contribution in [2.75, 3.05) is 19.8 Å². The van der Waals surface area contributed by atoms with Gasteiger partial charge in [-0.25, -0.2) is 4.39 Å². The van der Waals surface area contributed by atoms with E-state index in [0.29, 0.717) is 37.9 Å². The summed E-state index contributed by atoms with van der Waals surface area (Å²) in [4.78, 5) is 0. The van der Waals surface area contributed by atoms with Gasteiger partial charge in [0.2, 0.25) is 0 Å². The summed E-state index contributed by atoms with van der Waals surface area (Å²) in [7, 11) is 0. The first-order chi connectivity index (χ1) is 7.15. The Bertz CT molecular complexity index is 247. The summed E-state index contributed by atoms with van der Waals surface area (Å²) in [6.45, 7) is 0.995. The molecule has 0 radical (unpaired) electrons. The number of ether oxygens (including phenoxy) is 2. The first-order valence-electron chi connectivity index (χ1n) is 5.72. The summed E-state index contributed by atoms with van der Waals surface area (Å²) in [5.74, 6) is 0.270. The summed E-state index contributed by atoms with van der Waals surface area (Å²) < 4.78 is 25.2. The zero-order valence-corrected chi connectivity index (χ0v) is 8.75. The molecule has 3 nitrogen and oxygen atoms in total. The van der Waals surface area contributed by atoms with Crippen molar-refractivity contribution in [3.8, 4) is 0 Å². The third-order valence-electron chi connectivity index (χ3n) is 4.17. The van der Waals surface area contributed by atoms with Crippen LogP contribution in [0.15, 0.2) is 0 Å². The maximum absolute atomic E-state index is 13.9. The highest BCUT2D eigenvalue weighted by Gasteiger charge is 2.57. The minimum Gasteiger partial charge on any atom is -0.393 e. The molecule has 1 heterocycles. The van der Waals surface area contributed by atoms with E-state index in [9.17, 15) is 4.39 Å². The lowest BCUT2D eigenvalue weighted by atomic mass is 9.99. The van der Waals surface area contributed by atoms with Crippen molar-refractivity contribution in [1.82, 2.24) is 0 Å². The van der Waals surface area contributed by atoms with E-state index in [4.69, 9.17) is 14.6 Å². The standard InChI is InChI=1S/C11H17FO3/c12-10(7-13)3-8-5-11(6-9(8)4-10)14-1-2-15-11/h8-9,13H,1-7H2. The molecule has 0 aromatic rings. The number of alkyl halides is 1. The molecule has 3 aliphatic rings. The van der Waals surface area contributed by atoms with Crippen LogP contribution in [0.1, 0.15) is 25.7 Å². The molecule has 3 fully saturated rings. The van der Waals surface area contributed by atoms with Crippen LogP contribution in [0.3, 0.4) is 0 Å². The Morgan fingerprint density at radius 2 is 1.60 bits per heavy atom. The Labute approximate surface area is 88.6 Å². The Hall–Kier alpha value is -0.190. The highest BCUT2D eigenvalue weighted by atomic mass is 19.1. The predicted octanol–water partition coefficient (Wildman–Crippen LogP) is 1.25. The van der Waals surface area contributed by atoms with Crippen LogP contribution in [0.5, 0.6) is 0 Å². The summed E-state index contributed by atoms with van der Waals surface area (Å²) >= 11 is 0. The van der Waals surface area contributed by atoms with Gasteiger partial charge in [0.15, 0.2) is 5.79 Å². The van der Waals surface area contributed by atoms with Crippen LogP contribution in [0.4, 0.5) is 4.39 Å². The van der Waals surface area contributed by atoms with E-state index < -0.39 is 11.5 Å². The normalized spacial score (nSPS) is 47.6. The fraction of sp³-hybridized carbons (Fsp3) is 1.00. The highest BCUT2D eigenvalue weighted by Crippen LogP contribution is 2.55. The Morgan fingerprint density at radius 1 is 1.07 bits per heavy atom. The first kappa shape index (κ1) is 10.00. The van der Waals surface area contributed by atoms with Gasteiger partial charge in [0.25, 0.3) is 0 Å². The molecule has 2 unspecified atom stereocenters. The number of aliphatic hydroxyl groups is 1. The summed E-state index contributed by atoms with van der Waals surface area (Å²) in [6, 6.07) is 0. The summed E-state index contributed by atoms with van der Waals surface area (Å²) in [5.41, 5.74) is -1.34. The van der Waals surface area contributed by atoms with Gasteiger partial charge in [0, 0.05) is 12.8 Å². The lowest BCUT2D eigenvalue weighted by Crippen LogP contribution is -2.31. The second-order valence-corrected chi connectivity index (χ2v) is 5.25. The molecule has 1 aliphatic heterocycles. The van der Waals surface area contributed by atoms with Crippen LogP contribution < -0.4 is 0 Å². The molecular formula is C11H17FO3. The number of aliphatic hydroxyl groups excluding tert-OH is 1. The van der Waals surface area contributed by atoms with Crippen molar-refractivity contribution in [2.45, 2.75) is 37.1 Å². The molecule has 2 aliphatic carbocycles. The van der Waals surface area contributed by atoms with Gasteiger partial charge in [-0.2, -0.15) is 0 Å². The average Bonchev–Trinajstić information content (AvgIpc) is 2.82. The zero-order chi connectivity index (χ0) is 10.5. The Balaban J connectivity index is 1.71. The number of halogens is 1. The van der Waals surface area contributed by atoms with Gasteiger partial charge in [-0.3, -0.25) is 0 Å². The molecule has 4 heteroatoms. The van der Waals surface area contributed by atoms with E-state index in [-0.39, 0.29) is 6.61 Å². The third kappa shape index (κ3) is 1.50. The fourth-order valence-corrected chi connectivity index (χ4v) is 3.58. The van der Waals surface area contributed by atoms with Crippen molar-refractivity contribution in [3.63, 3.8) is 0 Å². The monoisotopic (exact) mass is 216 g/mol. The topological polar surface area (TPSA) is 38.7 Å². The molecule has 0 aromatic heterocycles. The summed E-state index contributed by atoms with van der Waals surface area (Å²) in [6.07, 6.45) is 2.57. The fourth-order valence-electron chi connectivity index (χ4n) is 3.58. The Morgan fingerprint density at radius 3 is 2.07 bits per heavy atom. The van der Waals surface area contributed by atoms with Gasteiger partial charge in [0.05, 0.1) is 19.8 Å². The molecule has 3 rings (SSSR count). The van der Waals surface area contributed by atoms with Gasteiger partial charge in [-0.1, -0.05) is 0 Å². The molecule has 0 aromatic carbocycles. The van der Waals surface area contributed by atoms with Crippen LogP contribution in [0, 0.1) is 11.8 Å². The SMILES string of the molecule is OCC1(F)CC2CC3(CC2C1)OCCO3. The van der Waals surface area contributed by atoms with Crippen LogP contribution in [0.2, 0.25) is 0 Å². The van der Waals surface area contributed by atoms with Crippen LogP contribution in [-0.4, -0.2) is 36.4 Å². The van der Waals surface area contributed by atoms with E-state index in [1.807, 2.05) is 0 Å². The van der Waals surface area contributed by atoms with Crippen molar-refractivity contribution in [2.24, 2.45) is 11.8 Å². The maximum atomic E-state index is 13.9. The van der Waals surface area contributed by atoms with Gasteiger partial charge >= 0.3 is 0 Å². The van der Waals surface area contributed by atoms with Crippen LogP contribution in [0.25, 0.3) is 0 Å². The molecule has 1 saturated heterocycles. The minimum absolute atomic E-state index is 0.334. The lowest BCUT2D eigenvalue weighted by molar-refractivity contribution is -0.157. The molecule has 1 spiro atoms. The van der Waals surface area contributed by atoms with Crippen molar-refractivity contribution < 1.29 is 19.0 Å². The van der Waals surface area contributed by atoms with E-state index >= 15 is 0 Å². The largest absolute Gasteiger partial charge is 0.393 e. The quantitative estimate of drug-likeness (QED) is 0.717. The average molecular weight is 216 g/mol. The second-order valence-electron chi connectivity index (χ2n) is 5.25. The van der Waals surface area contributed by atoms with Gasteiger partial charge < -0.3 is 14.6 Å². The molecule has 15 heavy (non-hydrogen) atoms. The number of hydrogen-bond donors (Lipinski definition) is 1. The molecule has 1 N–H and O–H groups in total. The smallest absolute Gasteiger partial charge is 0.169 e. The highest BCUT2D eigenvalue weighted by molar-refractivity contribution is 5.03. The van der Waals surface area contributed by atoms with Crippen LogP contribution in [-0.2, 0) is 9.47 Å². The van der Waals surface area contributed by atoms with E-state index in [2.05, 4.69) is 0 Å². The zero-order valence-electron chi connectivity index (χ0n) is 8.75. The molecular weight excluding hydrogens is 199 g/mol. The van der Waals surface area contributed by atoms with Crippen LogP contribution >= 0.6 is 0 Å². The van der Waals surface area contributed by atoms with Gasteiger partial charge in [-0.05, 0) is 24.7 Å². The number of rotatable bonds is 1. The predicted molar refractivity (Wildman–Crippen MR) is 51.0 cm³/mol. The second kappa shape index (κ2) is 3.15. The minimum atomic E-state index is -1.34. The van der Waals surface area contributed by atoms with Gasteiger partial charge in [-0.15, -0.1) is 0 Å². The van der Waals surface area contributed by atoms with Crippen molar-refractivity contribution >= 4 is 0 Å². The van der Waals surface area contributed by atoms with Crippen molar-refractivity contribution in [3.05, 3.63) is 0 Å². The number of hydrogen-bond acceptors (Lipinski definition) is 3. The molecule has 86 valence electrons. The molecule has 2 saturated carbocycles. The summed E-state index contributed by atoms with van der Waals surface area (Å²) in [5, 5.41) is 9.00. The molecule has 2 atom stereocenters. The Kier molecular flexibility index (Phi) is 2.10. The first-order valence-corrected chi connectivity index (χ1v) is 5.72. The lowest BCUT2D eigenvalue weighted by Gasteiger charge is -2.25. The van der Waals surface area contributed by atoms with E-state index in [1.165, 1.54) is 0 Å². The van der Waals surface area contributed by atoms with Crippen molar-refractivity contribution in [1.29, 1.82) is 0 Å². The van der Waals surface area contributed by atoms with E-state index in [1.54, 1.807) is 0 Å².